The van der Waals surface area contributed by atoms with Crippen LogP contribution < -0.4 is 14.5 Å². The van der Waals surface area contributed by atoms with Crippen molar-refractivity contribution in [1.29, 1.82) is 5.26 Å². The number of likely N-dealkylation sites (N-methyl/N-ethyl adjacent to an activating group) is 1. The van der Waals surface area contributed by atoms with E-state index in [2.05, 4.69) is 6.07 Å². The van der Waals surface area contributed by atoms with Gasteiger partial charge in [0.2, 0.25) is 0 Å². The molecule has 0 aliphatic carbocycles. The molecule has 170 valence electrons. The molecule has 0 spiro atoms. The van der Waals surface area contributed by atoms with Crippen LogP contribution in [0.4, 0.5) is 11.4 Å². The Labute approximate surface area is 199 Å². The average Bonchev–Trinajstić information content (AvgIpc) is 3.10. The molecule has 1 aliphatic rings. The van der Waals surface area contributed by atoms with Crippen LogP contribution in [-0.2, 0) is 9.59 Å². The number of hydrogen-bond acceptors (Lipinski definition) is 5. The fourth-order valence-electron chi connectivity index (χ4n) is 4.00. The van der Waals surface area contributed by atoms with E-state index in [4.69, 9.17) is 10.00 Å². The molecular weight excluding hydrogens is 426 g/mol. The number of ether oxygens (including phenoxy) is 1. The summed E-state index contributed by atoms with van der Waals surface area (Å²) in [6.07, 6.45) is 0.0239. The Kier molecular flexibility index (Phi) is 6.46. The Morgan fingerprint density at radius 2 is 1.56 bits per heavy atom. The summed E-state index contributed by atoms with van der Waals surface area (Å²) in [5.74, 6) is -0.119. The maximum Gasteiger partial charge on any atom is 0.282 e. The first-order valence-corrected chi connectivity index (χ1v) is 11.2. The lowest BCUT2D eigenvalue weighted by Crippen LogP contribution is -2.35. The van der Waals surface area contributed by atoms with Crippen LogP contribution in [0.5, 0.6) is 5.75 Å². The summed E-state index contributed by atoms with van der Waals surface area (Å²) in [7, 11) is 0. The Bertz CT molecular complexity index is 1270. The highest BCUT2D eigenvalue weighted by molar-refractivity contribution is 6.46. The van der Waals surface area contributed by atoms with E-state index >= 15 is 0 Å². The molecular formula is C28H25N3O3. The van der Waals surface area contributed by atoms with Gasteiger partial charge in [0.15, 0.2) is 0 Å². The number of nitriles is 1. The number of para-hydroxylation sites is 1. The molecule has 1 aliphatic heterocycles. The van der Waals surface area contributed by atoms with Crippen molar-refractivity contribution in [2.45, 2.75) is 26.9 Å². The van der Waals surface area contributed by atoms with Crippen molar-refractivity contribution in [2.75, 3.05) is 16.3 Å². The minimum Gasteiger partial charge on any atom is -0.491 e. The number of nitrogens with zero attached hydrogens (tertiary/aromatic N) is 3. The third-order valence-corrected chi connectivity index (χ3v) is 5.48. The number of carbonyl (C=O) groups is 2. The monoisotopic (exact) mass is 451 g/mol. The minimum absolute atomic E-state index is 0.0239. The molecule has 34 heavy (non-hydrogen) atoms. The number of anilines is 2. The number of benzene rings is 3. The highest BCUT2D eigenvalue weighted by atomic mass is 16.5. The lowest BCUT2D eigenvalue weighted by molar-refractivity contribution is -0.120. The number of hydrogen-bond donors (Lipinski definition) is 0. The summed E-state index contributed by atoms with van der Waals surface area (Å²) in [5.41, 5.74) is 2.98. The van der Waals surface area contributed by atoms with Gasteiger partial charge in [0.25, 0.3) is 11.8 Å². The second-order valence-electron chi connectivity index (χ2n) is 8.10. The van der Waals surface area contributed by atoms with E-state index in [0.717, 1.165) is 5.69 Å². The first-order valence-electron chi connectivity index (χ1n) is 11.2. The zero-order chi connectivity index (χ0) is 24.2. The molecule has 0 radical (unpaired) electrons. The van der Waals surface area contributed by atoms with E-state index in [9.17, 15) is 9.59 Å². The van der Waals surface area contributed by atoms with E-state index < -0.39 is 11.8 Å². The number of rotatable bonds is 7. The van der Waals surface area contributed by atoms with Gasteiger partial charge in [-0.15, -0.1) is 0 Å². The van der Waals surface area contributed by atoms with Crippen LogP contribution in [0.3, 0.4) is 0 Å². The highest BCUT2D eigenvalue weighted by Gasteiger charge is 2.42. The predicted molar refractivity (Wildman–Crippen MR) is 132 cm³/mol. The van der Waals surface area contributed by atoms with Crippen molar-refractivity contribution < 1.29 is 14.3 Å². The number of imide groups is 1. The molecule has 1 heterocycles. The largest absolute Gasteiger partial charge is 0.491 e. The van der Waals surface area contributed by atoms with E-state index in [-0.39, 0.29) is 6.10 Å². The van der Waals surface area contributed by atoms with Gasteiger partial charge < -0.3 is 9.64 Å². The van der Waals surface area contributed by atoms with Crippen molar-refractivity contribution >= 4 is 28.8 Å². The van der Waals surface area contributed by atoms with E-state index in [1.54, 1.807) is 48.5 Å². The van der Waals surface area contributed by atoms with Gasteiger partial charge >= 0.3 is 0 Å². The Hall–Kier alpha value is -4.37. The number of carbonyl (C=O) groups excluding carboxylic acids is 2. The quantitative estimate of drug-likeness (QED) is 0.464. The molecule has 0 fully saturated rings. The first kappa shape index (κ1) is 22.8. The van der Waals surface area contributed by atoms with Crippen LogP contribution in [0.15, 0.2) is 84.6 Å². The summed E-state index contributed by atoms with van der Waals surface area (Å²) < 4.78 is 5.74. The zero-order valence-electron chi connectivity index (χ0n) is 19.4. The molecule has 3 aromatic carbocycles. The Balaban J connectivity index is 1.84. The molecule has 0 saturated heterocycles. The standard InChI is InChI=1S/C28H25N3O3/c1-4-30(22-8-6-5-7-9-22)26-25(21-12-16-24(17-13-21)34-19(2)3)27(32)31(28(26)33)23-14-10-20(18-29)11-15-23/h5-17,19H,4H2,1-3H3. The molecule has 0 unspecified atom stereocenters. The summed E-state index contributed by atoms with van der Waals surface area (Å²) in [6, 6.07) is 25.2. The molecule has 4 rings (SSSR count). The van der Waals surface area contributed by atoms with Crippen molar-refractivity contribution in [3.63, 3.8) is 0 Å². The van der Waals surface area contributed by atoms with Gasteiger partial charge in [0.1, 0.15) is 11.4 Å². The summed E-state index contributed by atoms with van der Waals surface area (Å²) in [4.78, 5) is 30.5. The fourth-order valence-corrected chi connectivity index (χ4v) is 4.00. The minimum atomic E-state index is -0.406. The second-order valence-corrected chi connectivity index (χ2v) is 8.10. The maximum atomic E-state index is 13.8. The number of amides is 2. The molecule has 0 aromatic heterocycles. The smallest absolute Gasteiger partial charge is 0.282 e. The molecule has 0 bridgehead atoms. The van der Waals surface area contributed by atoms with E-state index in [1.807, 2.05) is 56.0 Å². The zero-order valence-corrected chi connectivity index (χ0v) is 19.4. The van der Waals surface area contributed by atoms with Gasteiger partial charge in [-0.25, -0.2) is 4.90 Å². The van der Waals surface area contributed by atoms with Gasteiger partial charge in [-0.05, 0) is 74.9 Å². The van der Waals surface area contributed by atoms with Crippen LogP contribution in [0.25, 0.3) is 5.57 Å². The molecule has 0 atom stereocenters. The lowest BCUT2D eigenvalue weighted by Gasteiger charge is -2.25. The molecule has 6 nitrogen and oxygen atoms in total. The third kappa shape index (κ3) is 4.28. The summed E-state index contributed by atoms with van der Waals surface area (Å²) in [6.45, 7) is 6.33. The van der Waals surface area contributed by atoms with Gasteiger partial charge in [0.05, 0.1) is 29.0 Å². The molecule has 2 amide bonds. The van der Waals surface area contributed by atoms with Crippen molar-refractivity contribution in [1.82, 2.24) is 0 Å². The van der Waals surface area contributed by atoms with Crippen molar-refractivity contribution in [2.24, 2.45) is 0 Å². The topological polar surface area (TPSA) is 73.6 Å². The maximum absolute atomic E-state index is 13.8. The Morgan fingerprint density at radius 1 is 0.912 bits per heavy atom. The normalized spacial score (nSPS) is 13.4. The average molecular weight is 452 g/mol. The summed E-state index contributed by atoms with van der Waals surface area (Å²) in [5, 5.41) is 9.12. The Morgan fingerprint density at radius 3 is 2.12 bits per heavy atom. The van der Waals surface area contributed by atoms with Crippen molar-refractivity contribution in [3.8, 4) is 11.8 Å². The summed E-state index contributed by atoms with van der Waals surface area (Å²) >= 11 is 0. The lowest BCUT2D eigenvalue weighted by atomic mass is 10.0. The van der Waals surface area contributed by atoms with Gasteiger partial charge in [-0.2, -0.15) is 5.26 Å². The van der Waals surface area contributed by atoms with Crippen LogP contribution in [0, 0.1) is 11.3 Å². The van der Waals surface area contributed by atoms with Crippen LogP contribution >= 0.6 is 0 Å². The predicted octanol–water partition coefficient (Wildman–Crippen LogP) is 5.16. The van der Waals surface area contributed by atoms with E-state index in [1.165, 1.54) is 4.90 Å². The van der Waals surface area contributed by atoms with Gasteiger partial charge in [-0.1, -0.05) is 30.3 Å². The SMILES string of the molecule is CCN(C1=C(c2ccc(OC(C)C)cc2)C(=O)N(c2ccc(C#N)cc2)C1=O)c1ccccc1. The van der Waals surface area contributed by atoms with Gasteiger partial charge in [-0.3, -0.25) is 9.59 Å². The molecule has 0 N–H and O–H groups in total. The molecule has 3 aromatic rings. The third-order valence-electron chi connectivity index (χ3n) is 5.48. The van der Waals surface area contributed by atoms with Gasteiger partial charge in [0, 0.05) is 12.2 Å². The highest BCUT2D eigenvalue weighted by Crippen LogP contribution is 2.37. The fraction of sp³-hybridized carbons (Fsp3) is 0.179. The van der Waals surface area contributed by atoms with Crippen LogP contribution in [0.1, 0.15) is 31.9 Å². The molecule has 0 saturated carbocycles. The molecule has 6 heteroatoms. The first-order chi connectivity index (χ1) is 16.4. The van der Waals surface area contributed by atoms with Crippen molar-refractivity contribution in [3.05, 3.63) is 95.7 Å². The second kappa shape index (κ2) is 9.63. The van der Waals surface area contributed by atoms with Crippen LogP contribution in [0.2, 0.25) is 0 Å². The van der Waals surface area contributed by atoms with Crippen LogP contribution in [-0.4, -0.2) is 24.5 Å². The van der Waals surface area contributed by atoms with E-state index in [0.29, 0.717) is 40.4 Å².